The van der Waals surface area contributed by atoms with Crippen LogP contribution >= 0.6 is 0 Å². The molecule has 1 aliphatic rings. The van der Waals surface area contributed by atoms with Gasteiger partial charge in [0.1, 0.15) is 6.73 Å². The van der Waals surface area contributed by atoms with Gasteiger partial charge in [0.25, 0.3) is 0 Å². The monoisotopic (exact) mass is 542 g/mol. The SMILES string of the molecule is CC(C)(C)N1C=C(CN(Cc2cn(COCCCOS(=O)(=O)O)nn2)Cc2cn(C(C)(C)C)nn2)NN1. The number of nitrogens with one attached hydrogen (secondary N) is 2. The van der Waals surface area contributed by atoms with Crippen LogP contribution in [0.5, 0.6) is 0 Å². The highest BCUT2D eigenvalue weighted by Crippen LogP contribution is 2.17. The maximum absolute atomic E-state index is 10.5. The number of hydrogen-bond donors (Lipinski definition) is 3. The maximum Gasteiger partial charge on any atom is 0.397 e. The fourth-order valence-electron chi connectivity index (χ4n) is 3.32. The van der Waals surface area contributed by atoms with Crippen molar-refractivity contribution in [1.29, 1.82) is 0 Å². The van der Waals surface area contributed by atoms with Gasteiger partial charge in [-0.3, -0.25) is 14.5 Å². The number of ether oxygens (including phenoxy) is 1. The normalized spacial score (nSPS) is 14.9. The Morgan fingerprint density at radius 2 is 1.65 bits per heavy atom. The van der Waals surface area contributed by atoms with Crippen molar-refractivity contribution in [2.75, 3.05) is 19.8 Å². The smallest absolute Gasteiger partial charge is 0.359 e. The summed E-state index contributed by atoms with van der Waals surface area (Å²) in [5.41, 5.74) is 8.76. The van der Waals surface area contributed by atoms with Crippen LogP contribution in [-0.2, 0) is 44.7 Å². The van der Waals surface area contributed by atoms with Gasteiger partial charge in [0.15, 0.2) is 0 Å². The highest BCUT2D eigenvalue weighted by Gasteiger charge is 2.25. The molecule has 0 saturated carbocycles. The minimum Gasteiger partial charge on any atom is -0.359 e. The van der Waals surface area contributed by atoms with E-state index in [9.17, 15) is 8.42 Å². The summed E-state index contributed by atoms with van der Waals surface area (Å²) in [5, 5.41) is 19.0. The molecule has 0 spiro atoms. The Balaban J connectivity index is 1.61. The van der Waals surface area contributed by atoms with Crippen LogP contribution in [0.3, 0.4) is 0 Å². The molecule has 15 nitrogen and oxygen atoms in total. The van der Waals surface area contributed by atoms with E-state index >= 15 is 0 Å². The van der Waals surface area contributed by atoms with Crippen molar-refractivity contribution in [2.24, 2.45) is 0 Å². The van der Waals surface area contributed by atoms with E-state index in [1.807, 2.05) is 15.9 Å². The zero-order chi connectivity index (χ0) is 27.3. The molecule has 0 saturated heterocycles. The van der Waals surface area contributed by atoms with E-state index in [4.69, 9.17) is 9.29 Å². The average molecular weight is 543 g/mol. The molecule has 2 aromatic rings. The first-order valence-corrected chi connectivity index (χ1v) is 13.3. The first-order chi connectivity index (χ1) is 17.2. The van der Waals surface area contributed by atoms with E-state index in [2.05, 4.69) is 88.4 Å². The number of hydrazine groups is 2. The van der Waals surface area contributed by atoms with E-state index in [0.717, 1.165) is 17.1 Å². The van der Waals surface area contributed by atoms with E-state index in [1.54, 1.807) is 10.9 Å². The standard InChI is InChI=1S/C21H38N10O5S/c1-20(2,3)30-14-18(23-26-30)11-28(12-19-15-31(27-24-19)21(4,5)6)10-17-13-29(25-22-17)16-35-8-7-9-36-37(32,33)34/h13-15,23,26H,7-12,16H2,1-6H3,(H,32,33,34). The van der Waals surface area contributed by atoms with Crippen molar-refractivity contribution in [2.45, 2.75) is 78.9 Å². The minimum absolute atomic E-state index is 0.0871. The van der Waals surface area contributed by atoms with Crippen molar-refractivity contribution < 1.29 is 21.9 Å². The molecule has 0 atom stereocenters. The summed E-state index contributed by atoms with van der Waals surface area (Å²) in [6.07, 6.45) is 6.10. The van der Waals surface area contributed by atoms with Gasteiger partial charge in [0, 0.05) is 31.4 Å². The topological polar surface area (TPSA) is 165 Å². The molecular weight excluding hydrogens is 504 g/mol. The summed E-state index contributed by atoms with van der Waals surface area (Å²) in [7, 11) is -4.43. The first-order valence-electron chi connectivity index (χ1n) is 11.9. The molecule has 0 bridgehead atoms. The highest BCUT2D eigenvalue weighted by molar-refractivity contribution is 7.80. The van der Waals surface area contributed by atoms with Gasteiger partial charge in [-0.25, -0.2) is 13.5 Å². The summed E-state index contributed by atoms with van der Waals surface area (Å²) in [6, 6.07) is 0. The van der Waals surface area contributed by atoms with Gasteiger partial charge in [0.05, 0.1) is 48.2 Å². The van der Waals surface area contributed by atoms with E-state index in [-0.39, 0.29) is 31.0 Å². The van der Waals surface area contributed by atoms with Gasteiger partial charge in [-0.05, 0) is 48.0 Å². The fourth-order valence-corrected chi connectivity index (χ4v) is 3.65. The van der Waals surface area contributed by atoms with Gasteiger partial charge in [-0.1, -0.05) is 10.4 Å². The summed E-state index contributed by atoms with van der Waals surface area (Å²) in [4.78, 5) is 2.19. The van der Waals surface area contributed by atoms with Gasteiger partial charge < -0.3 is 10.2 Å². The Morgan fingerprint density at radius 1 is 0.973 bits per heavy atom. The Labute approximate surface area is 217 Å². The molecule has 0 fully saturated rings. The van der Waals surface area contributed by atoms with Crippen LogP contribution in [0.15, 0.2) is 24.3 Å². The van der Waals surface area contributed by atoms with Crippen LogP contribution in [0.25, 0.3) is 0 Å². The third kappa shape index (κ3) is 9.64. The van der Waals surface area contributed by atoms with Crippen molar-refractivity contribution in [3.05, 3.63) is 35.7 Å². The van der Waals surface area contributed by atoms with Crippen molar-refractivity contribution in [3.8, 4) is 0 Å². The Morgan fingerprint density at radius 3 is 2.24 bits per heavy atom. The summed E-state index contributed by atoms with van der Waals surface area (Å²) in [6.45, 7) is 14.5. The second kappa shape index (κ2) is 11.8. The number of hydrogen-bond acceptors (Lipinski definition) is 12. The van der Waals surface area contributed by atoms with Crippen LogP contribution < -0.4 is 11.0 Å². The van der Waals surface area contributed by atoms with E-state index in [0.29, 0.717) is 26.1 Å². The zero-order valence-electron chi connectivity index (χ0n) is 22.2. The van der Waals surface area contributed by atoms with Crippen LogP contribution in [0, 0.1) is 0 Å². The average Bonchev–Trinajstić information content (AvgIpc) is 3.50. The van der Waals surface area contributed by atoms with Gasteiger partial charge >= 0.3 is 10.4 Å². The Hall–Kier alpha value is -2.63. The Bertz CT molecular complexity index is 1150. The summed E-state index contributed by atoms with van der Waals surface area (Å²) in [5.74, 6) is 0. The van der Waals surface area contributed by atoms with E-state index in [1.165, 1.54) is 0 Å². The fraction of sp³-hybridized carbons (Fsp3) is 0.714. The van der Waals surface area contributed by atoms with Crippen LogP contribution in [0.4, 0.5) is 0 Å². The molecule has 0 unspecified atom stereocenters. The van der Waals surface area contributed by atoms with Crippen LogP contribution in [0.2, 0.25) is 0 Å². The molecule has 0 radical (unpaired) electrons. The molecule has 208 valence electrons. The molecule has 0 aromatic carbocycles. The predicted molar refractivity (Wildman–Crippen MR) is 133 cm³/mol. The lowest BCUT2D eigenvalue weighted by atomic mass is 10.1. The first kappa shape index (κ1) is 28.9. The van der Waals surface area contributed by atoms with Gasteiger partial charge in [-0.2, -0.15) is 8.42 Å². The Kier molecular flexibility index (Phi) is 9.25. The molecule has 3 heterocycles. The zero-order valence-corrected chi connectivity index (χ0v) is 23.1. The maximum atomic E-state index is 10.5. The molecule has 16 heteroatoms. The lowest BCUT2D eigenvalue weighted by Crippen LogP contribution is -2.47. The molecular formula is C21H38N10O5S. The lowest BCUT2D eigenvalue weighted by molar-refractivity contribution is 0.0588. The van der Waals surface area contributed by atoms with Gasteiger partial charge in [0.2, 0.25) is 0 Å². The third-order valence-corrected chi connectivity index (χ3v) is 5.68. The number of aromatic nitrogens is 6. The molecule has 3 N–H and O–H groups in total. The lowest BCUT2D eigenvalue weighted by Gasteiger charge is -2.30. The third-order valence-electron chi connectivity index (χ3n) is 5.21. The quantitative estimate of drug-likeness (QED) is 0.240. The molecule has 37 heavy (non-hydrogen) atoms. The molecule has 0 aliphatic carbocycles. The van der Waals surface area contributed by atoms with Crippen molar-refractivity contribution >= 4 is 10.4 Å². The second-order valence-electron chi connectivity index (χ2n) is 10.8. The molecule has 3 rings (SSSR count). The van der Waals surface area contributed by atoms with E-state index < -0.39 is 10.4 Å². The predicted octanol–water partition coefficient (Wildman–Crippen LogP) is 0.775. The largest absolute Gasteiger partial charge is 0.397 e. The minimum atomic E-state index is -4.43. The van der Waals surface area contributed by atoms with Crippen LogP contribution in [0.1, 0.15) is 59.4 Å². The summed E-state index contributed by atoms with van der Waals surface area (Å²) >= 11 is 0. The van der Waals surface area contributed by atoms with Crippen molar-refractivity contribution in [3.63, 3.8) is 0 Å². The second-order valence-corrected chi connectivity index (χ2v) is 11.9. The molecule has 0 amide bonds. The van der Waals surface area contributed by atoms with Crippen molar-refractivity contribution in [1.82, 2.24) is 50.9 Å². The van der Waals surface area contributed by atoms with Crippen LogP contribution in [-0.4, -0.2) is 78.2 Å². The molecule has 1 aliphatic heterocycles. The van der Waals surface area contributed by atoms with Gasteiger partial charge in [-0.15, -0.1) is 15.7 Å². The number of rotatable bonds is 13. The highest BCUT2D eigenvalue weighted by atomic mass is 32.3. The molecule has 2 aromatic heterocycles. The number of nitrogens with zero attached hydrogens (tertiary/aromatic N) is 8. The summed E-state index contributed by atoms with van der Waals surface area (Å²) < 4.78 is 42.8.